The average molecular weight is 312 g/mol. The summed E-state index contributed by atoms with van der Waals surface area (Å²) in [6.07, 6.45) is 17.8. The minimum Gasteiger partial charge on any atom is -0.385 e. The van der Waals surface area contributed by atoms with Crippen molar-refractivity contribution >= 4 is 0 Å². The number of allylic oxidation sites excluding steroid dienone is 2. The summed E-state index contributed by atoms with van der Waals surface area (Å²) in [6.45, 7) is 4.58. The first kappa shape index (κ1) is 15.5. The second kappa shape index (κ2) is 4.74. The number of hydrogen-bond donors (Lipinski definition) is 2. The predicted octanol–water partition coefficient (Wildman–Crippen LogP) is 3.45. The zero-order valence-electron chi connectivity index (χ0n) is 14.3. The van der Waals surface area contributed by atoms with E-state index in [9.17, 15) is 10.2 Å². The summed E-state index contributed by atoms with van der Waals surface area (Å²) in [6, 6.07) is 0. The summed E-state index contributed by atoms with van der Waals surface area (Å²) in [5.41, 5.74) is 0.458. The lowest BCUT2D eigenvalue weighted by Gasteiger charge is -2.57. The molecule has 0 aliphatic heterocycles. The Hall–Kier alpha value is -1.04. The zero-order valence-corrected chi connectivity index (χ0v) is 14.3. The first-order chi connectivity index (χ1) is 10.8. The number of aliphatic hydroxyl groups excluding tert-OH is 1. The number of hydrogen-bond acceptors (Lipinski definition) is 2. The second-order valence-corrected chi connectivity index (χ2v) is 8.74. The van der Waals surface area contributed by atoms with E-state index in [4.69, 9.17) is 6.42 Å². The molecule has 7 atom stereocenters. The van der Waals surface area contributed by atoms with Gasteiger partial charge in [0.2, 0.25) is 0 Å². The fourth-order valence-electron chi connectivity index (χ4n) is 6.57. The van der Waals surface area contributed by atoms with Gasteiger partial charge in [-0.05, 0) is 56.3 Å². The van der Waals surface area contributed by atoms with Gasteiger partial charge >= 0.3 is 0 Å². The summed E-state index contributed by atoms with van der Waals surface area (Å²) in [5, 5.41) is 20.9. The highest BCUT2D eigenvalue weighted by atomic mass is 16.3. The first-order valence-electron chi connectivity index (χ1n) is 9.13. The Balaban J connectivity index is 1.70. The first-order valence-corrected chi connectivity index (χ1v) is 9.13. The molecule has 23 heavy (non-hydrogen) atoms. The summed E-state index contributed by atoms with van der Waals surface area (Å²) < 4.78 is 0. The quantitative estimate of drug-likeness (QED) is 0.531. The average Bonchev–Trinajstić information content (AvgIpc) is 2.80. The molecule has 4 aliphatic rings. The molecule has 3 saturated carbocycles. The van der Waals surface area contributed by atoms with E-state index in [0.29, 0.717) is 17.8 Å². The summed E-state index contributed by atoms with van der Waals surface area (Å²) >= 11 is 0. The Morgan fingerprint density at radius 1 is 1.17 bits per heavy atom. The lowest BCUT2D eigenvalue weighted by molar-refractivity contribution is -0.0917. The van der Waals surface area contributed by atoms with Crippen molar-refractivity contribution in [1.29, 1.82) is 0 Å². The monoisotopic (exact) mass is 312 g/mol. The van der Waals surface area contributed by atoms with Gasteiger partial charge in [0.25, 0.3) is 0 Å². The van der Waals surface area contributed by atoms with Crippen LogP contribution in [0.25, 0.3) is 0 Å². The van der Waals surface area contributed by atoms with Crippen LogP contribution in [0.2, 0.25) is 0 Å². The van der Waals surface area contributed by atoms with Crippen LogP contribution in [0.3, 0.4) is 0 Å². The minimum absolute atomic E-state index is 0.0837. The SMILES string of the molecule is C#C[C@]1(O)CCC2C3CCC4=CC(O)C=C[C@]4(C)C3CC[C@@]21C. The Kier molecular flexibility index (Phi) is 3.19. The molecule has 124 valence electrons. The molecule has 2 N–H and O–H groups in total. The van der Waals surface area contributed by atoms with Crippen LogP contribution in [-0.2, 0) is 0 Å². The van der Waals surface area contributed by atoms with Crippen LogP contribution >= 0.6 is 0 Å². The van der Waals surface area contributed by atoms with Gasteiger partial charge in [-0.15, -0.1) is 6.42 Å². The fourth-order valence-corrected chi connectivity index (χ4v) is 6.57. The molecule has 0 spiro atoms. The van der Waals surface area contributed by atoms with Gasteiger partial charge in [-0.2, -0.15) is 0 Å². The highest BCUT2D eigenvalue weighted by molar-refractivity contribution is 5.34. The fraction of sp³-hybridized carbons (Fsp3) is 0.714. The van der Waals surface area contributed by atoms with Crippen molar-refractivity contribution in [3.8, 4) is 12.3 Å². The van der Waals surface area contributed by atoms with Crippen LogP contribution in [0.5, 0.6) is 0 Å². The number of terminal acetylenes is 1. The maximum atomic E-state index is 11.0. The molecule has 0 amide bonds. The molecule has 0 radical (unpaired) electrons. The molecule has 4 rings (SSSR count). The molecule has 2 heteroatoms. The molecule has 2 nitrogen and oxygen atoms in total. The maximum Gasteiger partial charge on any atom is 0.130 e. The van der Waals surface area contributed by atoms with Crippen LogP contribution in [0.1, 0.15) is 52.4 Å². The maximum absolute atomic E-state index is 11.0. The highest BCUT2D eigenvalue weighted by Gasteiger charge is 2.63. The van der Waals surface area contributed by atoms with E-state index in [-0.39, 0.29) is 10.8 Å². The van der Waals surface area contributed by atoms with Crippen LogP contribution in [0, 0.1) is 40.9 Å². The molecule has 3 fully saturated rings. The van der Waals surface area contributed by atoms with Gasteiger partial charge < -0.3 is 10.2 Å². The van der Waals surface area contributed by atoms with Crippen molar-refractivity contribution < 1.29 is 10.2 Å². The van der Waals surface area contributed by atoms with E-state index in [1.165, 1.54) is 12.0 Å². The van der Waals surface area contributed by atoms with Crippen molar-refractivity contribution in [2.45, 2.75) is 64.1 Å². The second-order valence-electron chi connectivity index (χ2n) is 8.74. The normalized spacial score (nSPS) is 54.5. The lowest BCUT2D eigenvalue weighted by Crippen LogP contribution is -2.54. The van der Waals surface area contributed by atoms with E-state index in [1.54, 1.807) is 0 Å². The molecule has 0 bridgehead atoms. The van der Waals surface area contributed by atoms with Crippen molar-refractivity contribution in [3.63, 3.8) is 0 Å². The van der Waals surface area contributed by atoms with Crippen LogP contribution in [0.4, 0.5) is 0 Å². The molecule has 4 unspecified atom stereocenters. The van der Waals surface area contributed by atoms with Gasteiger partial charge in [0.15, 0.2) is 0 Å². The van der Waals surface area contributed by atoms with E-state index >= 15 is 0 Å². The Morgan fingerprint density at radius 2 is 1.91 bits per heavy atom. The third-order valence-corrected chi connectivity index (χ3v) is 8.05. The minimum atomic E-state index is -0.918. The smallest absolute Gasteiger partial charge is 0.130 e. The number of rotatable bonds is 0. The Morgan fingerprint density at radius 3 is 2.65 bits per heavy atom. The van der Waals surface area contributed by atoms with E-state index in [1.807, 2.05) is 6.08 Å². The van der Waals surface area contributed by atoms with Crippen molar-refractivity contribution in [2.24, 2.45) is 28.6 Å². The van der Waals surface area contributed by atoms with Gasteiger partial charge in [-0.25, -0.2) is 0 Å². The molecule has 0 aromatic rings. The van der Waals surface area contributed by atoms with E-state index in [0.717, 1.165) is 32.1 Å². The van der Waals surface area contributed by atoms with Gasteiger partial charge in [0, 0.05) is 10.8 Å². The molecular formula is C21H28O2. The molecule has 4 aliphatic carbocycles. The van der Waals surface area contributed by atoms with Gasteiger partial charge in [0.1, 0.15) is 5.60 Å². The molecular weight excluding hydrogens is 284 g/mol. The molecule has 0 aromatic carbocycles. The van der Waals surface area contributed by atoms with Gasteiger partial charge in [0.05, 0.1) is 6.10 Å². The third kappa shape index (κ3) is 1.84. The summed E-state index contributed by atoms with van der Waals surface area (Å²) in [7, 11) is 0. The molecule has 0 saturated heterocycles. The number of aliphatic hydroxyl groups is 2. The van der Waals surface area contributed by atoms with Gasteiger partial charge in [-0.3, -0.25) is 0 Å². The van der Waals surface area contributed by atoms with Gasteiger partial charge in [-0.1, -0.05) is 43.6 Å². The topological polar surface area (TPSA) is 40.5 Å². The van der Waals surface area contributed by atoms with E-state index < -0.39 is 11.7 Å². The zero-order chi connectivity index (χ0) is 16.5. The summed E-state index contributed by atoms with van der Waals surface area (Å²) in [5.74, 6) is 4.53. The van der Waals surface area contributed by atoms with Crippen LogP contribution in [-0.4, -0.2) is 21.9 Å². The summed E-state index contributed by atoms with van der Waals surface area (Å²) in [4.78, 5) is 0. The van der Waals surface area contributed by atoms with Crippen LogP contribution < -0.4 is 0 Å². The Labute approximate surface area is 139 Å². The predicted molar refractivity (Wildman–Crippen MR) is 91.4 cm³/mol. The lowest BCUT2D eigenvalue weighted by atomic mass is 9.47. The van der Waals surface area contributed by atoms with Crippen molar-refractivity contribution in [2.75, 3.05) is 0 Å². The Bertz CT molecular complexity index is 626. The molecule has 0 aromatic heterocycles. The largest absolute Gasteiger partial charge is 0.385 e. The third-order valence-electron chi connectivity index (χ3n) is 8.05. The van der Waals surface area contributed by atoms with Crippen molar-refractivity contribution in [1.82, 2.24) is 0 Å². The standard InChI is InChI=1S/C21H28O2/c1-4-21(23)12-9-18-16-6-5-14-13-15(22)7-10-19(14,2)17(16)8-11-20(18,21)3/h1,7,10,13,15-18,22-23H,5-6,8-9,11-12H2,2-3H3/t15?,16?,17?,18?,19-,20-,21-/m0/s1. The van der Waals surface area contributed by atoms with Crippen molar-refractivity contribution in [3.05, 3.63) is 23.8 Å². The highest BCUT2D eigenvalue weighted by Crippen LogP contribution is 2.66. The number of fused-ring (bicyclic) bond motifs is 5. The van der Waals surface area contributed by atoms with Crippen LogP contribution in [0.15, 0.2) is 23.8 Å². The van der Waals surface area contributed by atoms with E-state index in [2.05, 4.69) is 31.9 Å². The molecule has 0 heterocycles.